The van der Waals surface area contributed by atoms with E-state index in [2.05, 4.69) is 24.2 Å². The minimum atomic E-state index is 0.760. The van der Waals surface area contributed by atoms with E-state index in [1.807, 2.05) is 0 Å². The fourth-order valence-electron chi connectivity index (χ4n) is 2.59. The monoisotopic (exact) mass is 168 g/mol. The Bertz CT molecular complexity index is 154. The van der Waals surface area contributed by atoms with Crippen LogP contribution in [-0.2, 0) is 0 Å². The summed E-state index contributed by atoms with van der Waals surface area (Å²) < 4.78 is 0. The van der Waals surface area contributed by atoms with Crippen molar-refractivity contribution in [2.45, 2.75) is 50.7 Å². The molecule has 1 aliphatic heterocycles. The van der Waals surface area contributed by atoms with Gasteiger partial charge in [0.2, 0.25) is 0 Å². The van der Waals surface area contributed by atoms with Gasteiger partial charge in [0.25, 0.3) is 0 Å². The molecule has 12 heavy (non-hydrogen) atoms. The molecule has 2 unspecified atom stereocenters. The van der Waals surface area contributed by atoms with Gasteiger partial charge in [0.1, 0.15) is 0 Å². The Balaban J connectivity index is 1.96. The molecule has 0 aromatic heterocycles. The molecule has 0 bridgehead atoms. The van der Waals surface area contributed by atoms with E-state index in [4.69, 9.17) is 0 Å². The summed E-state index contributed by atoms with van der Waals surface area (Å²) in [7, 11) is 2.10. The van der Waals surface area contributed by atoms with E-state index in [0.717, 1.165) is 18.1 Å². The normalized spacial score (nSPS) is 37.5. The Morgan fingerprint density at radius 2 is 2.08 bits per heavy atom. The maximum absolute atomic E-state index is 3.44. The first-order valence-electron chi connectivity index (χ1n) is 5.29. The average molecular weight is 168 g/mol. The Labute approximate surface area is 75.3 Å². The minimum Gasteiger partial charge on any atom is -0.315 e. The largest absolute Gasteiger partial charge is 0.315 e. The molecule has 1 saturated heterocycles. The van der Waals surface area contributed by atoms with Crippen molar-refractivity contribution in [3.8, 4) is 0 Å². The number of hydrogen-bond acceptors (Lipinski definition) is 2. The molecule has 2 fully saturated rings. The summed E-state index contributed by atoms with van der Waals surface area (Å²) in [4.78, 5) is 2.72. The van der Waals surface area contributed by atoms with Gasteiger partial charge < -0.3 is 5.32 Å². The second-order valence-electron chi connectivity index (χ2n) is 4.13. The molecule has 2 rings (SSSR count). The third kappa shape index (κ3) is 1.38. The highest BCUT2D eigenvalue weighted by Gasteiger charge is 2.40. The lowest BCUT2D eigenvalue weighted by Gasteiger charge is -2.26. The smallest absolute Gasteiger partial charge is 0.0250 e. The second-order valence-corrected chi connectivity index (χ2v) is 4.13. The summed E-state index contributed by atoms with van der Waals surface area (Å²) in [5.74, 6) is 0. The molecule has 2 nitrogen and oxygen atoms in total. The van der Waals surface area contributed by atoms with Crippen molar-refractivity contribution in [2.24, 2.45) is 0 Å². The van der Waals surface area contributed by atoms with Gasteiger partial charge in [-0.3, -0.25) is 4.90 Å². The van der Waals surface area contributed by atoms with Crippen LogP contribution in [0.4, 0.5) is 0 Å². The van der Waals surface area contributed by atoms with Crippen LogP contribution in [0.15, 0.2) is 0 Å². The zero-order chi connectivity index (χ0) is 8.55. The first-order valence-corrected chi connectivity index (χ1v) is 5.29. The average Bonchev–Trinajstić information content (AvgIpc) is 2.85. The Morgan fingerprint density at radius 1 is 1.33 bits per heavy atom. The van der Waals surface area contributed by atoms with Crippen molar-refractivity contribution in [1.29, 1.82) is 0 Å². The number of rotatable bonds is 3. The van der Waals surface area contributed by atoms with Gasteiger partial charge in [-0.25, -0.2) is 0 Å². The number of nitrogens with zero attached hydrogens (tertiary/aromatic N) is 1. The number of hydrogen-bond donors (Lipinski definition) is 1. The van der Waals surface area contributed by atoms with Crippen molar-refractivity contribution in [2.75, 3.05) is 13.6 Å². The number of likely N-dealkylation sites (tertiary alicyclic amines) is 1. The zero-order valence-electron chi connectivity index (χ0n) is 8.21. The third-order valence-corrected chi connectivity index (χ3v) is 3.39. The Hall–Kier alpha value is -0.0800. The van der Waals surface area contributed by atoms with Crippen LogP contribution in [-0.4, -0.2) is 36.6 Å². The second kappa shape index (κ2) is 3.35. The van der Waals surface area contributed by atoms with Gasteiger partial charge in [0, 0.05) is 24.7 Å². The van der Waals surface area contributed by atoms with Crippen molar-refractivity contribution in [1.82, 2.24) is 10.2 Å². The topological polar surface area (TPSA) is 15.3 Å². The van der Waals surface area contributed by atoms with E-state index in [1.54, 1.807) is 0 Å². The SMILES string of the molecule is CCC1C(NC)CCN1C1CC1. The van der Waals surface area contributed by atoms with Crippen LogP contribution >= 0.6 is 0 Å². The summed E-state index contributed by atoms with van der Waals surface area (Å²) in [5, 5.41) is 3.44. The predicted molar refractivity (Wildman–Crippen MR) is 51.3 cm³/mol. The van der Waals surface area contributed by atoms with E-state index in [9.17, 15) is 0 Å². The minimum absolute atomic E-state index is 0.760. The van der Waals surface area contributed by atoms with Crippen molar-refractivity contribution in [3.63, 3.8) is 0 Å². The molecule has 1 heterocycles. The summed E-state index contributed by atoms with van der Waals surface area (Å²) in [5.41, 5.74) is 0. The molecule has 1 aliphatic carbocycles. The van der Waals surface area contributed by atoms with Gasteiger partial charge in [-0.15, -0.1) is 0 Å². The van der Waals surface area contributed by atoms with Gasteiger partial charge in [-0.1, -0.05) is 6.92 Å². The standard InChI is InChI=1S/C10H20N2/c1-3-10-9(11-2)6-7-12(10)8-4-5-8/h8-11H,3-7H2,1-2H3. The van der Waals surface area contributed by atoms with Gasteiger partial charge in [0.15, 0.2) is 0 Å². The van der Waals surface area contributed by atoms with Crippen LogP contribution in [0.1, 0.15) is 32.6 Å². The molecule has 2 heteroatoms. The molecule has 0 aromatic carbocycles. The van der Waals surface area contributed by atoms with Crippen LogP contribution in [0.3, 0.4) is 0 Å². The molecule has 0 amide bonds. The van der Waals surface area contributed by atoms with Crippen molar-refractivity contribution >= 4 is 0 Å². The third-order valence-electron chi connectivity index (χ3n) is 3.39. The molecular weight excluding hydrogens is 148 g/mol. The Kier molecular flexibility index (Phi) is 2.37. The quantitative estimate of drug-likeness (QED) is 0.681. The number of nitrogens with one attached hydrogen (secondary N) is 1. The van der Waals surface area contributed by atoms with Gasteiger partial charge >= 0.3 is 0 Å². The molecule has 0 aromatic rings. The fraction of sp³-hybridized carbons (Fsp3) is 1.00. The molecule has 0 spiro atoms. The van der Waals surface area contributed by atoms with Crippen molar-refractivity contribution in [3.05, 3.63) is 0 Å². The highest BCUT2D eigenvalue weighted by atomic mass is 15.3. The maximum Gasteiger partial charge on any atom is 0.0250 e. The highest BCUT2D eigenvalue weighted by Crippen LogP contribution is 2.34. The van der Waals surface area contributed by atoms with Crippen LogP contribution in [0.25, 0.3) is 0 Å². The lowest BCUT2D eigenvalue weighted by molar-refractivity contribution is 0.221. The van der Waals surface area contributed by atoms with E-state index < -0.39 is 0 Å². The van der Waals surface area contributed by atoms with Crippen molar-refractivity contribution < 1.29 is 0 Å². The summed E-state index contributed by atoms with van der Waals surface area (Å²) >= 11 is 0. The molecule has 0 radical (unpaired) electrons. The molecule has 2 aliphatic rings. The molecule has 2 atom stereocenters. The lowest BCUT2D eigenvalue weighted by atomic mass is 10.1. The molecular formula is C10H20N2. The summed E-state index contributed by atoms with van der Waals surface area (Å²) in [6.45, 7) is 3.64. The molecule has 1 N–H and O–H groups in total. The van der Waals surface area contributed by atoms with Crippen LogP contribution < -0.4 is 5.32 Å². The summed E-state index contributed by atoms with van der Waals surface area (Å²) in [6, 6.07) is 2.53. The number of likely N-dealkylation sites (N-methyl/N-ethyl adjacent to an activating group) is 1. The molecule has 70 valence electrons. The van der Waals surface area contributed by atoms with Crippen LogP contribution in [0.2, 0.25) is 0 Å². The van der Waals surface area contributed by atoms with Crippen LogP contribution in [0.5, 0.6) is 0 Å². The van der Waals surface area contributed by atoms with Crippen LogP contribution in [0, 0.1) is 0 Å². The van der Waals surface area contributed by atoms with Gasteiger partial charge in [-0.2, -0.15) is 0 Å². The van der Waals surface area contributed by atoms with Gasteiger partial charge in [-0.05, 0) is 32.7 Å². The van der Waals surface area contributed by atoms with E-state index >= 15 is 0 Å². The summed E-state index contributed by atoms with van der Waals surface area (Å²) in [6.07, 6.45) is 5.56. The maximum atomic E-state index is 3.44. The predicted octanol–water partition coefficient (Wildman–Crippen LogP) is 1.22. The lowest BCUT2D eigenvalue weighted by Crippen LogP contribution is -2.41. The van der Waals surface area contributed by atoms with E-state index in [-0.39, 0.29) is 0 Å². The zero-order valence-corrected chi connectivity index (χ0v) is 8.21. The Morgan fingerprint density at radius 3 is 2.58 bits per heavy atom. The first kappa shape index (κ1) is 8.52. The van der Waals surface area contributed by atoms with Gasteiger partial charge in [0.05, 0.1) is 0 Å². The fourth-order valence-corrected chi connectivity index (χ4v) is 2.59. The molecule has 1 saturated carbocycles. The van der Waals surface area contributed by atoms with E-state index in [1.165, 1.54) is 32.2 Å². The highest BCUT2D eigenvalue weighted by molar-refractivity contribution is 4.97. The first-order chi connectivity index (χ1) is 5.86. The van der Waals surface area contributed by atoms with E-state index in [0.29, 0.717) is 0 Å².